The maximum atomic E-state index is 12.1. The molecule has 4 nitrogen and oxygen atoms in total. The molecule has 1 unspecified atom stereocenters. The minimum atomic E-state index is -0.00488. The molecule has 1 heterocycles. The first-order valence-corrected chi connectivity index (χ1v) is 7.97. The number of nitrogens with one attached hydrogen (secondary N) is 1. The zero-order chi connectivity index (χ0) is 16.1. The van der Waals surface area contributed by atoms with E-state index in [2.05, 4.69) is 55.5 Å². The van der Waals surface area contributed by atoms with Gasteiger partial charge in [0, 0.05) is 24.3 Å². The van der Waals surface area contributed by atoms with Gasteiger partial charge in [-0.1, -0.05) is 26.0 Å². The molecule has 0 aliphatic rings. The van der Waals surface area contributed by atoms with Crippen LogP contribution in [0.25, 0.3) is 5.69 Å². The molecule has 118 valence electrons. The normalized spacial score (nSPS) is 12.4. The predicted octanol–water partition coefficient (Wildman–Crippen LogP) is 2.99. The first-order chi connectivity index (χ1) is 10.5. The van der Waals surface area contributed by atoms with E-state index in [4.69, 9.17) is 0 Å². The Kier molecular flexibility index (Phi) is 5.50. The Hall–Kier alpha value is -1.94. The monoisotopic (exact) mass is 299 g/mol. The fourth-order valence-electron chi connectivity index (χ4n) is 2.25. The van der Waals surface area contributed by atoms with E-state index in [9.17, 15) is 4.79 Å². The summed E-state index contributed by atoms with van der Waals surface area (Å²) >= 11 is 0. The Morgan fingerprint density at radius 3 is 2.50 bits per heavy atom. The average Bonchev–Trinajstić information content (AvgIpc) is 2.54. The molecule has 0 saturated carbocycles. The summed E-state index contributed by atoms with van der Waals surface area (Å²) < 4.78 is 1.84. The number of nitrogens with zero attached hydrogens (tertiary/aromatic N) is 2. The lowest BCUT2D eigenvalue weighted by Gasteiger charge is -2.14. The molecule has 0 fully saturated rings. The molecule has 1 N–H and O–H groups in total. The maximum Gasteiger partial charge on any atom is 0.204 e. The van der Waals surface area contributed by atoms with Gasteiger partial charge in [-0.15, -0.1) is 0 Å². The maximum absolute atomic E-state index is 12.1. The minimum absolute atomic E-state index is 0.00488. The number of aromatic nitrogens is 2. The van der Waals surface area contributed by atoms with Crippen molar-refractivity contribution in [3.63, 3.8) is 0 Å². The molecular formula is C18H25N3O. The van der Waals surface area contributed by atoms with Gasteiger partial charge in [0.25, 0.3) is 0 Å². The van der Waals surface area contributed by atoms with Crippen molar-refractivity contribution in [1.29, 1.82) is 0 Å². The molecule has 0 radical (unpaired) electrons. The molecule has 2 rings (SSSR count). The van der Waals surface area contributed by atoms with E-state index in [1.54, 1.807) is 6.07 Å². The molecule has 1 aromatic heterocycles. The third kappa shape index (κ3) is 3.83. The van der Waals surface area contributed by atoms with Crippen molar-refractivity contribution in [2.45, 2.75) is 53.1 Å². The third-order valence-electron chi connectivity index (χ3n) is 4.00. The lowest BCUT2D eigenvalue weighted by Crippen LogP contribution is -2.29. The van der Waals surface area contributed by atoms with Crippen molar-refractivity contribution in [3.05, 3.63) is 57.5 Å². The van der Waals surface area contributed by atoms with Gasteiger partial charge in [-0.25, -0.2) is 4.68 Å². The van der Waals surface area contributed by atoms with Crippen LogP contribution in [0.4, 0.5) is 0 Å². The van der Waals surface area contributed by atoms with Crippen molar-refractivity contribution in [3.8, 4) is 5.69 Å². The van der Waals surface area contributed by atoms with Crippen LogP contribution in [0, 0.1) is 6.92 Å². The first-order valence-electron chi connectivity index (χ1n) is 7.97. The van der Waals surface area contributed by atoms with Crippen LogP contribution >= 0.6 is 0 Å². The molecule has 0 aliphatic heterocycles. The zero-order valence-electron chi connectivity index (χ0n) is 13.9. The van der Waals surface area contributed by atoms with Crippen molar-refractivity contribution < 1.29 is 0 Å². The van der Waals surface area contributed by atoms with E-state index in [1.807, 2.05) is 11.6 Å². The minimum Gasteiger partial charge on any atom is -0.308 e. The highest BCUT2D eigenvalue weighted by Crippen LogP contribution is 2.11. The lowest BCUT2D eigenvalue weighted by molar-refractivity contribution is 0.521. The van der Waals surface area contributed by atoms with Crippen molar-refractivity contribution in [1.82, 2.24) is 15.1 Å². The molecule has 4 heteroatoms. The Labute approximate surface area is 132 Å². The molecule has 2 aromatic rings. The fraction of sp³-hybridized carbons (Fsp3) is 0.444. The van der Waals surface area contributed by atoms with Crippen LogP contribution < -0.4 is 10.7 Å². The van der Waals surface area contributed by atoms with E-state index in [1.165, 1.54) is 5.56 Å². The van der Waals surface area contributed by atoms with Gasteiger partial charge in [-0.3, -0.25) is 4.79 Å². The Bertz CT molecular complexity index is 674. The molecule has 0 aliphatic carbocycles. The lowest BCUT2D eigenvalue weighted by atomic mass is 10.1. The summed E-state index contributed by atoms with van der Waals surface area (Å²) in [5.74, 6) is 0. The molecule has 22 heavy (non-hydrogen) atoms. The summed E-state index contributed by atoms with van der Waals surface area (Å²) in [7, 11) is 0. The number of hydrogen-bond acceptors (Lipinski definition) is 3. The Morgan fingerprint density at radius 1 is 1.23 bits per heavy atom. The molecule has 0 bridgehead atoms. The van der Waals surface area contributed by atoms with Crippen molar-refractivity contribution in [2.24, 2.45) is 0 Å². The van der Waals surface area contributed by atoms with Gasteiger partial charge in [-0.05, 0) is 44.4 Å². The zero-order valence-corrected chi connectivity index (χ0v) is 13.9. The van der Waals surface area contributed by atoms with Crippen LogP contribution in [0.5, 0.6) is 0 Å². The van der Waals surface area contributed by atoms with Crippen LogP contribution in [0.15, 0.2) is 35.1 Å². The Balaban J connectivity index is 2.32. The molecular weight excluding hydrogens is 274 g/mol. The predicted molar refractivity (Wildman–Crippen MR) is 90.5 cm³/mol. The second-order valence-electron chi connectivity index (χ2n) is 5.72. The van der Waals surface area contributed by atoms with Crippen LogP contribution in [-0.4, -0.2) is 15.8 Å². The highest BCUT2D eigenvalue weighted by Gasteiger charge is 2.08. The summed E-state index contributed by atoms with van der Waals surface area (Å²) in [5.41, 5.74) is 3.68. The quantitative estimate of drug-likeness (QED) is 0.892. The smallest absolute Gasteiger partial charge is 0.204 e. The molecule has 1 aromatic carbocycles. The topological polar surface area (TPSA) is 46.9 Å². The van der Waals surface area contributed by atoms with E-state index in [-0.39, 0.29) is 5.43 Å². The van der Waals surface area contributed by atoms with E-state index in [0.29, 0.717) is 18.3 Å². The SMILES string of the molecule is CCc1ccc(-n2nc(CNC(C)CC)c(=O)cc2C)cc1. The summed E-state index contributed by atoms with van der Waals surface area (Å²) in [6.45, 7) is 8.77. The summed E-state index contributed by atoms with van der Waals surface area (Å²) in [6, 6.07) is 10.3. The summed E-state index contributed by atoms with van der Waals surface area (Å²) in [5, 5.41) is 7.88. The van der Waals surface area contributed by atoms with Crippen LogP contribution in [0.2, 0.25) is 0 Å². The van der Waals surface area contributed by atoms with Crippen molar-refractivity contribution in [2.75, 3.05) is 0 Å². The molecule has 0 amide bonds. The standard InChI is InChI=1S/C18H25N3O/c1-5-13(3)19-12-17-18(22)11-14(4)21(20-17)16-9-7-15(6-2)8-10-16/h7-11,13,19H,5-6,12H2,1-4H3. The van der Waals surface area contributed by atoms with Gasteiger partial charge < -0.3 is 5.32 Å². The largest absolute Gasteiger partial charge is 0.308 e. The van der Waals surface area contributed by atoms with Crippen LogP contribution in [-0.2, 0) is 13.0 Å². The summed E-state index contributed by atoms with van der Waals surface area (Å²) in [6.07, 6.45) is 2.04. The molecule has 1 atom stereocenters. The van der Waals surface area contributed by atoms with Crippen molar-refractivity contribution >= 4 is 0 Å². The second-order valence-corrected chi connectivity index (χ2v) is 5.72. The second kappa shape index (κ2) is 7.36. The number of hydrogen-bond donors (Lipinski definition) is 1. The highest BCUT2D eigenvalue weighted by molar-refractivity contribution is 5.35. The number of rotatable bonds is 6. The third-order valence-corrected chi connectivity index (χ3v) is 4.00. The van der Waals surface area contributed by atoms with E-state index >= 15 is 0 Å². The van der Waals surface area contributed by atoms with Gasteiger partial charge in [0.1, 0.15) is 5.69 Å². The van der Waals surface area contributed by atoms with Gasteiger partial charge in [-0.2, -0.15) is 5.10 Å². The van der Waals surface area contributed by atoms with Gasteiger partial charge in [0.05, 0.1) is 5.69 Å². The molecule has 0 spiro atoms. The van der Waals surface area contributed by atoms with Crippen LogP contribution in [0.3, 0.4) is 0 Å². The number of aryl methyl sites for hydroxylation is 2. The number of benzene rings is 1. The van der Waals surface area contributed by atoms with Gasteiger partial charge in [0.15, 0.2) is 0 Å². The Morgan fingerprint density at radius 2 is 1.91 bits per heavy atom. The summed E-state index contributed by atoms with van der Waals surface area (Å²) in [4.78, 5) is 12.1. The van der Waals surface area contributed by atoms with Gasteiger partial charge >= 0.3 is 0 Å². The van der Waals surface area contributed by atoms with Gasteiger partial charge in [0.2, 0.25) is 5.43 Å². The van der Waals surface area contributed by atoms with E-state index < -0.39 is 0 Å². The van der Waals surface area contributed by atoms with E-state index in [0.717, 1.165) is 24.2 Å². The van der Waals surface area contributed by atoms with Crippen LogP contribution in [0.1, 0.15) is 44.1 Å². The highest BCUT2D eigenvalue weighted by atomic mass is 16.1. The first kappa shape index (κ1) is 16.4. The fourth-order valence-corrected chi connectivity index (χ4v) is 2.25. The average molecular weight is 299 g/mol. The molecule has 0 saturated heterocycles.